The number of carbonyl (C=O) groups excluding carboxylic acids is 1. The molecule has 21 heavy (non-hydrogen) atoms. The fourth-order valence-electron chi connectivity index (χ4n) is 1.93. The van der Waals surface area contributed by atoms with Crippen LogP contribution < -0.4 is 10.1 Å². The number of benzene rings is 2. The quantitative estimate of drug-likeness (QED) is 0.888. The molecule has 0 aliphatic carbocycles. The SMILES string of the molecule is Cc1ccc(NC(=O)COc2ccccc2CO)cc1C. The van der Waals surface area contributed by atoms with E-state index >= 15 is 0 Å². The first-order chi connectivity index (χ1) is 10.1. The third-order valence-corrected chi connectivity index (χ3v) is 3.29. The van der Waals surface area contributed by atoms with E-state index in [9.17, 15) is 9.90 Å². The summed E-state index contributed by atoms with van der Waals surface area (Å²) in [5, 5.41) is 12.0. The first-order valence-corrected chi connectivity index (χ1v) is 6.79. The van der Waals surface area contributed by atoms with Crippen molar-refractivity contribution in [1.29, 1.82) is 0 Å². The van der Waals surface area contributed by atoms with Crippen molar-refractivity contribution in [3.63, 3.8) is 0 Å². The van der Waals surface area contributed by atoms with E-state index < -0.39 is 0 Å². The number of aliphatic hydroxyl groups excluding tert-OH is 1. The summed E-state index contributed by atoms with van der Waals surface area (Å²) in [6.07, 6.45) is 0. The number of hydrogen-bond acceptors (Lipinski definition) is 3. The van der Waals surface area contributed by atoms with E-state index in [4.69, 9.17) is 4.74 Å². The van der Waals surface area contributed by atoms with Crippen molar-refractivity contribution in [1.82, 2.24) is 0 Å². The molecule has 0 aromatic heterocycles. The Kier molecular flexibility index (Phi) is 4.95. The summed E-state index contributed by atoms with van der Waals surface area (Å²) in [5.74, 6) is 0.293. The van der Waals surface area contributed by atoms with Gasteiger partial charge >= 0.3 is 0 Å². The first kappa shape index (κ1) is 15.1. The van der Waals surface area contributed by atoms with Gasteiger partial charge in [0.25, 0.3) is 5.91 Å². The summed E-state index contributed by atoms with van der Waals surface area (Å²) < 4.78 is 5.44. The number of anilines is 1. The van der Waals surface area contributed by atoms with Crippen molar-refractivity contribution in [2.45, 2.75) is 20.5 Å². The molecule has 0 aliphatic heterocycles. The maximum absolute atomic E-state index is 11.9. The van der Waals surface area contributed by atoms with Crippen LogP contribution in [0.4, 0.5) is 5.69 Å². The van der Waals surface area contributed by atoms with E-state index in [1.807, 2.05) is 38.1 Å². The van der Waals surface area contributed by atoms with Crippen LogP contribution in [0, 0.1) is 13.8 Å². The Morgan fingerprint density at radius 3 is 2.62 bits per heavy atom. The zero-order chi connectivity index (χ0) is 15.2. The van der Waals surface area contributed by atoms with Crippen molar-refractivity contribution in [3.05, 3.63) is 59.2 Å². The molecule has 0 saturated carbocycles. The van der Waals surface area contributed by atoms with E-state index in [2.05, 4.69) is 5.32 Å². The van der Waals surface area contributed by atoms with Crippen molar-refractivity contribution in [2.75, 3.05) is 11.9 Å². The number of para-hydroxylation sites is 1. The van der Waals surface area contributed by atoms with E-state index in [0.717, 1.165) is 11.3 Å². The molecule has 0 bridgehead atoms. The Hall–Kier alpha value is -2.33. The Balaban J connectivity index is 1.94. The molecule has 0 unspecified atom stereocenters. The lowest BCUT2D eigenvalue weighted by Crippen LogP contribution is -2.20. The topological polar surface area (TPSA) is 58.6 Å². The van der Waals surface area contributed by atoms with Crippen molar-refractivity contribution < 1.29 is 14.6 Å². The molecular weight excluding hydrogens is 266 g/mol. The number of carbonyl (C=O) groups is 1. The molecule has 2 N–H and O–H groups in total. The molecule has 0 heterocycles. The van der Waals surface area contributed by atoms with E-state index in [-0.39, 0.29) is 19.1 Å². The normalized spacial score (nSPS) is 10.2. The van der Waals surface area contributed by atoms with Crippen molar-refractivity contribution in [3.8, 4) is 5.75 Å². The number of hydrogen-bond donors (Lipinski definition) is 2. The van der Waals surface area contributed by atoms with Crippen LogP contribution in [0.3, 0.4) is 0 Å². The highest BCUT2D eigenvalue weighted by molar-refractivity contribution is 5.92. The number of rotatable bonds is 5. The lowest BCUT2D eigenvalue weighted by molar-refractivity contribution is -0.118. The zero-order valence-corrected chi connectivity index (χ0v) is 12.2. The fourth-order valence-corrected chi connectivity index (χ4v) is 1.93. The molecule has 0 aliphatic rings. The average molecular weight is 285 g/mol. The lowest BCUT2D eigenvalue weighted by Gasteiger charge is -2.11. The third kappa shape index (κ3) is 4.07. The van der Waals surface area contributed by atoms with Crippen molar-refractivity contribution >= 4 is 11.6 Å². The van der Waals surface area contributed by atoms with Crippen LogP contribution in [0.5, 0.6) is 5.75 Å². The van der Waals surface area contributed by atoms with Gasteiger partial charge in [0, 0.05) is 11.3 Å². The van der Waals surface area contributed by atoms with Gasteiger partial charge in [0.15, 0.2) is 6.61 Å². The molecule has 2 aromatic rings. The van der Waals surface area contributed by atoms with E-state index in [1.54, 1.807) is 18.2 Å². The summed E-state index contributed by atoms with van der Waals surface area (Å²) in [6, 6.07) is 12.9. The Morgan fingerprint density at radius 1 is 1.14 bits per heavy atom. The highest BCUT2D eigenvalue weighted by Gasteiger charge is 2.07. The number of amides is 1. The molecule has 2 aromatic carbocycles. The molecule has 1 amide bonds. The Morgan fingerprint density at radius 2 is 1.90 bits per heavy atom. The summed E-state index contributed by atoms with van der Waals surface area (Å²) in [5.41, 5.74) is 3.72. The summed E-state index contributed by atoms with van der Waals surface area (Å²) in [4.78, 5) is 11.9. The molecule has 0 saturated heterocycles. The van der Waals surface area contributed by atoms with Crippen LogP contribution in [0.2, 0.25) is 0 Å². The fraction of sp³-hybridized carbons (Fsp3) is 0.235. The van der Waals surface area contributed by atoms with Crippen LogP contribution in [0.15, 0.2) is 42.5 Å². The number of aryl methyl sites for hydroxylation is 2. The van der Waals surface area contributed by atoms with Gasteiger partial charge in [0.05, 0.1) is 6.61 Å². The minimum atomic E-state index is -0.231. The minimum absolute atomic E-state index is 0.0933. The molecule has 0 spiro atoms. The van der Waals surface area contributed by atoms with Crippen molar-refractivity contribution in [2.24, 2.45) is 0 Å². The summed E-state index contributed by atoms with van der Waals surface area (Å²) in [6.45, 7) is 3.81. The smallest absolute Gasteiger partial charge is 0.262 e. The van der Waals surface area contributed by atoms with Crippen LogP contribution in [0.1, 0.15) is 16.7 Å². The number of ether oxygens (including phenoxy) is 1. The molecule has 0 fully saturated rings. The maximum Gasteiger partial charge on any atom is 0.262 e. The van der Waals surface area contributed by atoms with Gasteiger partial charge in [0.2, 0.25) is 0 Å². The van der Waals surface area contributed by atoms with Gasteiger partial charge in [-0.15, -0.1) is 0 Å². The second kappa shape index (κ2) is 6.90. The highest BCUT2D eigenvalue weighted by Crippen LogP contribution is 2.18. The third-order valence-electron chi connectivity index (χ3n) is 3.29. The predicted octanol–water partition coefficient (Wildman–Crippen LogP) is 2.81. The van der Waals surface area contributed by atoms with E-state index in [0.29, 0.717) is 11.3 Å². The number of nitrogens with one attached hydrogen (secondary N) is 1. The average Bonchev–Trinajstić information content (AvgIpc) is 2.49. The molecule has 0 radical (unpaired) electrons. The highest BCUT2D eigenvalue weighted by atomic mass is 16.5. The van der Waals surface area contributed by atoms with Gasteiger partial charge in [0.1, 0.15) is 5.75 Å². The minimum Gasteiger partial charge on any atom is -0.483 e. The van der Waals surface area contributed by atoms with Gasteiger partial charge in [-0.1, -0.05) is 24.3 Å². The Labute approximate surface area is 124 Å². The second-order valence-corrected chi connectivity index (χ2v) is 4.90. The monoisotopic (exact) mass is 285 g/mol. The summed E-state index contributed by atoms with van der Waals surface area (Å²) >= 11 is 0. The molecule has 2 rings (SSSR count). The van der Waals surface area contributed by atoms with Crippen LogP contribution >= 0.6 is 0 Å². The summed E-state index contributed by atoms with van der Waals surface area (Å²) in [7, 11) is 0. The van der Waals surface area contributed by atoms with E-state index in [1.165, 1.54) is 5.56 Å². The maximum atomic E-state index is 11.9. The predicted molar refractivity (Wildman–Crippen MR) is 82.4 cm³/mol. The largest absolute Gasteiger partial charge is 0.483 e. The van der Waals surface area contributed by atoms with Crippen LogP contribution in [-0.4, -0.2) is 17.6 Å². The first-order valence-electron chi connectivity index (χ1n) is 6.79. The van der Waals surface area contributed by atoms with Gasteiger partial charge in [-0.05, 0) is 43.2 Å². The van der Waals surface area contributed by atoms with Crippen LogP contribution in [-0.2, 0) is 11.4 Å². The standard InChI is InChI=1S/C17H19NO3/c1-12-7-8-15(9-13(12)2)18-17(20)11-21-16-6-4-3-5-14(16)10-19/h3-9,19H,10-11H2,1-2H3,(H,18,20). The van der Waals surface area contributed by atoms with Gasteiger partial charge in [-0.2, -0.15) is 0 Å². The number of aliphatic hydroxyl groups is 1. The second-order valence-electron chi connectivity index (χ2n) is 4.90. The molecule has 0 atom stereocenters. The van der Waals surface area contributed by atoms with Gasteiger partial charge < -0.3 is 15.2 Å². The molecular formula is C17H19NO3. The lowest BCUT2D eigenvalue weighted by atomic mass is 10.1. The Bertz CT molecular complexity index is 638. The zero-order valence-electron chi connectivity index (χ0n) is 12.2. The van der Waals surface area contributed by atoms with Gasteiger partial charge in [-0.25, -0.2) is 0 Å². The van der Waals surface area contributed by atoms with Gasteiger partial charge in [-0.3, -0.25) is 4.79 Å². The van der Waals surface area contributed by atoms with Crippen LogP contribution in [0.25, 0.3) is 0 Å². The molecule has 4 nitrogen and oxygen atoms in total. The molecule has 110 valence electrons. The molecule has 4 heteroatoms.